The highest BCUT2D eigenvalue weighted by molar-refractivity contribution is 9.10. The summed E-state index contributed by atoms with van der Waals surface area (Å²) in [5, 5.41) is 0. The predicted octanol–water partition coefficient (Wildman–Crippen LogP) is 3.20. The van der Waals surface area contributed by atoms with Crippen molar-refractivity contribution in [3.8, 4) is 0 Å². The molecule has 1 fully saturated rings. The maximum Gasteiger partial charge on any atom is 0.471 e. The van der Waals surface area contributed by atoms with Crippen molar-refractivity contribution in [3.63, 3.8) is 0 Å². The standard InChI is InChI=1S/C14H16BrF3N2O2/c1-2-20(13(21)14(16,17)18)10-3-4-12(11(15)9-10)19-5-7-22-8-6-19/h3-4,9H,2,5-8H2,1H3. The predicted molar refractivity (Wildman–Crippen MR) is 81.3 cm³/mol. The monoisotopic (exact) mass is 380 g/mol. The van der Waals surface area contributed by atoms with Gasteiger partial charge in [0.2, 0.25) is 0 Å². The minimum Gasteiger partial charge on any atom is -0.378 e. The van der Waals surface area contributed by atoms with Crippen LogP contribution in [0.5, 0.6) is 0 Å². The number of hydrogen-bond acceptors (Lipinski definition) is 3. The number of alkyl halides is 3. The Labute approximate surface area is 135 Å². The number of morpholine rings is 1. The fourth-order valence-corrected chi connectivity index (χ4v) is 2.94. The zero-order valence-electron chi connectivity index (χ0n) is 12.0. The molecule has 0 bridgehead atoms. The fourth-order valence-electron chi connectivity index (χ4n) is 2.32. The average Bonchev–Trinajstić information content (AvgIpc) is 2.48. The van der Waals surface area contributed by atoms with Crippen LogP contribution in [0.15, 0.2) is 22.7 Å². The van der Waals surface area contributed by atoms with Gasteiger partial charge in [0.05, 0.1) is 18.9 Å². The molecular formula is C14H16BrF3N2O2. The molecule has 22 heavy (non-hydrogen) atoms. The second-order valence-electron chi connectivity index (χ2n) is 4.78. The van der Waals surface area contributed by atoms with Gasteiger partial charge in [-0.25, -0.2) is 0 Å². The van der Waals surface area contributed by atoms with Crippen LogP contribution in [-0.2, 0) is 9.53 Å². The Bertz CT molecular complexity index is 545. The van der Waals surface area contributed by atoms with Crippen LogP contribution in [0.25, 0.3) is 0 Å². The highest BCUT2D eigenvalue weighted by atomic mass is 79.9. The lowest BCUT2D eigenvalue weighted by Crippen LogP contribution is -2.41. The number of carbonyl (C=O) groups excluding carboxylic acids is 1. The van der Waals surface area contributed by atoms with E-state index in [1.807, 2.05) is 0 Å². The minimum absolute atomic E-state index is 0.0539. The molecule has 0 saturated carbocycles. The van der Waals surface area contributed by atoms with Crippen LogP contribution < -0.4 is 9.80 Å². The van der Waals surface area contributed by atoms with Gasteiger partial charge in [-0.1, -0.05) is 0 Å². The topological polar surface area (TPSA) is 32.8 Å². The van der Waals surface area contributed by atoms with E-state index < -0.39 is 12.1 Å². The molecule has 0 atom stereocenters. The normalized spacial score (nSPS) is 15.8. The van der Waals surface area contributed by atoms with Gasteiger partial charge in [-0.15, -0.1) is 0 Å². The van der Waals surface area contributed by atoms with E-state index in [2.05, 4.69) is 20.8 Å². The second-order valence-corrected chi connectivity index (χ2v) is 5.64. The van der Waals surface area contributed by atoms with Crippen LogP contribution in [0.1, 0.15) is 6.92 Å². The summed E-state index contributed by atoms with van der Waals surface area (Å²) in [5.41, 5.74) is 1.09. The number of amides is 1. The molecule has 1 aliphatic heterocycles. The summed E-state index contributed by atoms with van der Waals surface area (Å²) in [6.45, 7) is 4.12. The Morgan fingerprint density at radius 1 is 1.36 bits per heavy atom. The van der Waals surface area contributed by atoms with Crippen molar-refractivity contribution in [2.24, 2.45) is 0 Å². The molecule has 1 aromatic rings. The Balaban J connectivity index is 2.25. The molecule has 0 unspecified atom stereocenters. The summed E-state index contributed by atoms with van der Waals surface area (Å²) in [5.74, 6) is -1.86. The van der Waals surface area contributed by atoms with Crippen LogP contribution in [0.2, 0.25) is 0 Å². The van der Waals surface area contributed by atoms with Crippen molar-refractivity contribution in [1.82, 2.24) is 0 Å². The first kappa shape index (κ1) is 17.1. The number of anilines is 2. The van der Waals surface area contributed by atoms with Gasteiger partial charge in [-0.05, 0) is 41.1 Å². The van der Waals surface area contributed by atoms with Gasteiger partial charge < -0.3 is 14.5 Å². The van der Waals surface area contributed by atoms with Gasteiger partial charge in [-0.3, -0.25) is 4.79 Å². The summed E-state index contributed by atoms with van der Waals surface area (Å²) < 4.78 is 43.8. The van der Waals surface area contributed by atoms with Crippen LogP contribution >= 0.6 is 15.9 Å². The summed E-state index contributed by atoms with van der Waals surface area (Å²) in [4.78, 5) is 14.3. The van der Waals surface area contributed by atoms with Gasteiger partial charge in [-0.2, -0.15) is 13.2 Å². The lowest BCUT2D eigenvalue weighted by atomic mass is 10.2. The largest absolute Gasteiger partial charge is 0.471 e. The van der Waals surface area contributed by atoms with E-state index in [0.29, 0.717) is 22.6 Å². The van der Waals surface area contributed by atoms with Gasteiger partial charge >= 0.3 is 12.1 Å². The van der Waals surface area contributed by atoms with Gasteiger partial charge in [0.1, 0.15) is 0 Å². The first-order chi connectivity index (χ1) is 10.3. The summed E-state index contributed by atoms with van der Waals surface area (Å²) >= 11 is 3.38. The first-order valence-electron chi connectivity index (χ1n) is 6.85. The highest BCUT2D eigenvalue weighted by Gasteiger charge is 2.42. The van der Waals surface area contributed by atoms with E-state index in [1.54, 1.807) is 6.07 Å². The van der Waals surface area contributed by atoms with E-state index >= 15 is 0 Å². The number of carbonyl (C=O) groups is 1. The molecule has 0 N–H and O–H groups in total. The Hall–Kier alpha value is -1.28. The van der Waals surface area contributed by atoms with Crippen LogP contribution in [0.3, 0.4) is 0 Å². The quantitative estimate of drug-likeness (QED) is 0.807. The molecule has 0 radical (unpaired) electrons. The van der Waals surface area contributed by atoms with Crippen LogP contribution in [-0.4, -0.2) is 44.9 Å². The zero-order valence-corrected chi connectivity index (χ0v) is 13.6. The molecule has 0 spiro atoms. The maximum atomic E-state index is 12.6. The molecule has 2 rings (SSSR count). The number of hydrogen-bond donors (Lipinski definition) is 0. The molecule has 8 heteroatoms. The number of halogens is 4. The van der Waals surface area contributed by atoms with Gasteiger partial charge in [0, 0.05) is 29.8 Å². The van der Waals surface area contributed by atoms with Crippen molar-refractivity contribution in [2.45, 2.75) is 13.1 Å². The average molecular weight is 381 g/mol. The summed E-state index contributed by atoms with van der Waals surface area (Å²) in [6, 6.07) is 4.79. The number of benzene rings is 1. The highest BCUT2D eigenvalue weighted by Crippen LogP contribution is 2.32. The third-order valence-electron chi connectivity index (χ3n) is 3.40. The molecule has 1 aliphatic rings. The Morgan fingerprint density at radius 3 is 2.50 bits per heavy atom. The molecule has 4 nitrogen and oxygen atoms in total. The van der Waals surface area contributed by atoms with Gasteiger partial charge in [0.15, 0.2) is 0 Å². The minimum atomic E-state index is -4.88. The smallest absolute Gasteiger partial charge is 0.378 e. The molecule has 1 aromatic carbocycles. The van der Waals surface area contributed by atoms with Crippen molar-refractivity contribution in [1.29, 1.82) is 0 Å². The van der Waals surface area contributed by atoms with E-state index in [9.17, 15) is 18.0 Å². The van der Waals surface area contributed by atoms with Crippen molar-refractivity contribution in [3.05, 3.63) is 22.7 Å². The zero-order chi connectivity index (χ0) is 16.3. The van der Waals surface area contributed by atoms with E-state index in [-0.39, 0.29) is 12.2 Å². The molecule has 1 saturated heterocycles. The number of ether oxygens (including phenoxy) is 1. The molecular weight excluding hydrogens is 365 g/mol. The van der Waals surface area contributed by atoms with Crippen LogP contribution in [0.4, 0.5) is 24.5 Å². The summed E-state index contributed by atoms with van der Waals surface area (Å²) in [6.07, 6.45) is -4.88. The number of rotatable bonds is 3. The molecule has 1 amide bonds. The third kappa shape index (κ3) is 3.73. The fraction of sp³-hybridized carbons (Fsp3) is 0.500. The third-order valence-corrected chi connectivity index (χ3v) is 4.03. The Kier molecular flexibility index (Phi) is 5.33. The second kappa shape index (κ2) is 6.87. The lowest BCUT2D eigenvalue weighted by Gasteiger charge is -2.30. The van der Waals surface area contributed by atoms with E-state index in [1.165, 1.54) is 19.1 Å². The van der Waals surface area contributed by atoms with Crippen molar-refractivity contribution < 1.29 is 22.7 Å². The molecule has 0 aromatic heterocycles. The molecule has 1 heterocycles. The van der Waals surface area contributed by atoms with Crippen molar-refractivity contribution in [2.75, 3.05) is 42.6 Å². The van der Waals surface area contributed by atoms with E-state index in [4.69, 9.17) is 4.74 Å². The molecule has 0 aliphatic carbocycles. The molecule has 122 valence electrons. The van der Waals surface area contributed by atoms with Crippen LogP contribution in [0, 0.1) is 0 Å². The van der Waals surface area contributed by atoms with Crippen molar-refractivity contribution >= 4 is 33.2 Å². The Morgan fingerprint density at radius 2 is 2.00 bits per heavy atom. The SMILES string of the molecule is CCN(C(=O)C(F)(F)F)c1ccc(N2CCOCC2)c(Br)c1. The number of nitrogens with zero attached hydrogens (tertiary/aromatic N) is 2. The maximum absolute atomic E-state index is 12.6. The summed E-state index contributed by atoms with van der Waals surface area (Å²) in [7, 11) is 0. The lowest BCUT2D eigenvalue weighted by molar-refractivity contribution is -0.170. The van der Waals surface area contributed by atoms with E-state index in [0.717, 1.165) is 18.8 Å². The first-order valence-corrected chi connectivity index (χ1v) is 7.65. The van der Waals surface area contributed by atoms with Gasteiger partial charge in [0.25, 0.3) is 0 Å².